The topological polar surface area (TPSA) is 34.1 Å². The molecule has 0 bridgehead atoms. The number of benzene rings is 2. The highest BCUT2D eigenvalue weighted by atomic mass is 19.1. The standard InChI is InChI=1S/C18H11FO2/c19-16-6-4-10-8-14(12-2-1-3-13(16)18(10)12)15-9-11(20)5-7-17(15)21/h1-7,9,14H,8H2. The number of halogens is 1. The van der Waals surface area contributed by atoms with Gasteiger partial charge < -0.3 is 0 Å². The highest BCUT2D eigenvalue weighted by Gasteiger charge is 2.31. The fourth-order valence-corrected chi connectivity index (χ4v) is 3.34. The van der Waals surface area contributed by atoms with E-state index < -0.39 is 0 Å². The molecule has 21 heavy (non-hydrogen) atoms. The van der Waals surface area contributed by atoms with Gasteiger partial charge in [0.1, 0.15) is 5.82 Å². The molecule has 4 rings (SSSR count). The third-order valence-corrected chi connectivity index (χ3v) is 4.26. The molecule has 0 fully saturated rings. The summed E-state index contributed by atoms with van der Waals surface area (Å²) in [7, 11) is 0. The maximum Gasteiger partial charge on any atom is 0.182 e. The fraction of sp³-hybridized carbons (Fsp3) is 0.111. The van der Waals surface area contributed by atoms with Crippen LogP contribution in [-0.4, -0.2) is 11.6 Å². The maximum atomic E-state index is 13.9. The smallest absolute Gasteiger partial charge is 0.182 e. The molecule has 2 aliphatic carbocycles. The van der Waals surface area contributed by atoms with E-state index in [2.05, 4.69) is 0 Å². The molecule has 1 unspecified atom stereocenters. The van der Waals surface area contributed by atoms with Crippen LogP contribution in [0.1, 0.15) is 17.0 Å². The number of hydrogen-bond donors (Lipinski definition) is 0. The molecule has 2 aliphatic rings. The lowest BCUT2D eigenvalue weighted by Gasteiger charge is -2.15. The van der Waals surface area contributed by atoms with Gasteiger partial charge in [0.25, 0.3) is 0 Å². The normalized spacial score (nSPS) is 20.2. The van der Waals surface area contributed by atoms with Gasteiger partial charge >= 0.3 is 0 Å². The van der Waals surface area contributed by atoms with E-state index in [1.54, 1.807) is 18.2 Å². The van der Waals surface area contributed by atoms with Crippen LogP contribution < -0.4 is 0 Å². The van der Waals surface area contributed by atoms with E-state index in [0.29, 0.717) is 17.4 Å². The molecule has 0 radical (unpaired) electrons. The Morgan fingerprint density at radius 2 is 1.90 bits per heavy atom. The van der Waals surface area contributed by atoms with Gasteiger partial charge in [-0.1, -0.05) is 24.3 Å². The molecule has 2 nitrogen and oxygen atoms in total. The first kappa shape index (κ1) is 12.2. The molecular formula is C18H11FO2. The molecule has 0 heterocycles. The predicted molar refractivity (Wildman–Crippen MR) is 77.6 cm³/mol. The number of carbonyl (C=O) groups excluding carboxylic acids is 2. The van der Waals surface area contributed by atoms with Crippen LogP contribution in [0.4, 0.5) is 4.39 Å². The summed E-state index contributed by atoms with van der Waals surface area (Å²) in [6.07, 6.45) is 4.65. The Hall–Kier alpha value is -2.55. The second kappa shape index (κ2) is 4.22. The first-order valence-electron chi connectivity index (χ1n) is 6.83. The van der Waals surface area contributed by atoms with Gasteiger partial charge in [0.2, 0.25) is 0 Å². The Morgan fingerprint density at radius 3 is 2.76 bits per heavy atom. The number of hydrogen-bond acceptors (Lipinski definition) is 2. The molecule has 0 saturated carbocycles. The molecule has 0 amide bonds. The summed E-state index contributed by atoms with van der Waals surface area (Å²) in [6.45, 7) is 0. The third-order valence-electron chi connectivity index (χ3n) is 4.26. The van der Waals surface area contributed by atoms with Crippen LogP contribution in [-0.2, 0) is 16.0 Å². The molecule has 0 N–H and O–H groups in total. The fourth-order valence-electron chi connectivity index (χ4n) is 3.34. The monoisotopic (exact) mass is 278 g/mol. The van der Waals surface area contributed by atoms with Gasteiger partial charge in [-0.3, -0.25) is 9.59 Å². The summed E-state index contributed by atoms with van der Waals surface area (Å²) < 4.78 is 13.9. The van der Waals surface area contributed by atoms with E-state index in [9.17, 15) is 14.0 Å². The van der Waals surface area contributed by atoms with E-state index in [1.807, 2.05) is 6.07 Å². The van der Waals surface area contributed by atoms with Crippen LogP contribution in [0.5, 0.6) is 0 Å². The Labute approximate surface area is 120 Å². The number of rotatable bonds is 1. The summed E-state index contributed by atoms with van der Waals surface area (Å²) in [4.78, 5) is 23.7. The average molecular weight is 278 g/mol. The summed E-state index contributed by atoms with van der Waals surface area (Å²) in [5, 5.41) is 1.47. The average Bonchev–Trinajstić information content (AvgIpc) is 2.86. The predicted octanol–water partition coefficient (Wildman–Crippen LogP) is 3.25. The van der Waals surface area contributed by atoms with E-state index in [0.717, 1.165) is 16.5 Å². The van der Waals surface area contributed by atoms with Crippen LogP contribution in [0.15, 0.2) is 54.1 Å². The van der Waals surface area contributed by atoms with Crippen molar-refractivity contribution in [1.82, 2.24) is 0 Å². The van der Waals surface area contributed by atoms with E-state index in [1.165, 1.54) is 24.3 Å². The molecule has 0 aliphatic heterocycles. The summed E-state index contributed by atoms with van der Waals surface area (Å²) in [6, 6.07) is 8.70. The second-order valence-corrected chi connectivity index (χ2v) is 5.43. The van der Waals surface area contributed by atoms with Gasteiger partial charge in [-0.2, -0.15) is 0 Å². The van der Waals surface area contributed by atoms with Gasteiger partial charge in [0.05, 0.1) is 0 Å². The summed E-state index contributed by atoms with van der Waals surface area (Å²) in [5.74, 6) is -0.716. The van der Waals surface area contributed by atoms with Gasteiger partial charge in [0.15, 0.2) is 11.6 Å². The number of ketones is 2. The van der Waals surface area contributed by atoms with Crippen molar-refractivity contribution in [3.8, 4) is 0 Å². The SMILES string of the molecule is O=C1C=CC(=O)C(C2Cc3ccc(F)c4cccc2c34)=C1. The van der Waals surface area contributed by atoms with Crippen molar-refractivity contribution in [3.05, 3.63) is 71.1 Å². The van der Waals surface area contributed by atoms with E-state index in [-0.39, 0.29) is 23.3 Å². The molecule has 3 heteroatoms. The van der Waals surface area contributed by atoms with Crippen molar-refractivity contribution in [3.63, 3.8) is 0 Å². The van der Waals surface area contributed by atoms with Crippen molar-refractivity contribution in [2.24, 2.45) is 0 Å². The summed E-state index contributed by atoms with van der Waals surface area (Å²) in [5.41, 5.74) is 2.47. The van der Waals surface area contributed by atoms with Crippen molar-refractivity contribution in [2.45, 2.75) is 12.3 Å². The zero-order chi connectivity index (χ0) is 14.6. The lowest BCUT2D eigenvalue weighted by atomic mass is 9.86. The van der Waals surface area contributed by atoms with Crippen LogP contribution in [0.2, 0.25) is 0 Å². The molecular weight excluding hydrogens is 267 g/mol. The minimum Gasteiger partial charge on any atom is -0.290 e. The third kappa shape index (κ3) is 1.70. The molecule has 0 aromatic heterocycles. The largest absolute Gasteiger partial charge is 0.290 e. The van der Waals surface area contributed by atoms with Crippen molar-refractivity contribution in [2.75, 3.05) is 0 Å². The van der Waals surface area contributed by atoms with E-state index in [4.69, 9.17) is 0 Å². The first-order chi connectivity index (χ1) is 10.1. The van der Waals surface area contributed by atoms with E-state index >= 15 is 0 Å². The quantitative estimate of drug-likeness (QED) is 0.750. The second-order valence-electron chi connectivity index (χ2n) is 5.43. The Balaban J connectivity index is 1.93. The lowest BCUT2D eigenvalue weighted by molar-refractivity contribution is -0.114. The zero-order valence-electron chi connectivity index (χ0n) is 11.1. The van der Waals surface area contributed by atoms with Gasteiger partial charge in [-0.25, -0.2) is 4.39 Å². The van der Waals surface area contributed by atoms with Gasteiger partial charge in [0, 0.05) is 16.9 Å². The molecule has 1 atom stereocenters. The van der Waals surface area contributed by atoms with Gasteiger partial charge in [-0.15, -0.1) is 0 Å². The van der Waals surface area contributed by atoms with Gasteiger partial charge in [-0.05, 0) is 47.2 Å². The van der Waals surface area contributed by atoms with Crippen molar-refractivity contribution >= 4 is 22.3 Å². The Morgan fingerprint density at radius 1 is 1.05 bits per heavy atom. The molecule has 0 saturated heterocycles. The number of allylic oxidation sites excluding steroid dienone is 4. The highest BCUT2D eigenvalue weighted by molar-refractivity contribution is 6.18. The van der Waals surface area contributed by atoms with Crippen LogP contribution in [0.3, 0.4) is 0 Å². The van der Waals surface area contributed by atoms with Crippen molar-refractivity contribution < 1.29 is 14.0 Å². The summed E-state index contributed by atoms with van der Waals surface area (Å²) >= 11 is 0. The minimum atomic E-state index is -0.254. The van der Waals surface area contributed by atoms with Crippen molar-refractivity contribution in [1.29, 1.82) is 0 Å². The highest BCUT2D eigenvalue weighted by Crippen LogP contribution is 2.43. The Bertz CT molecular complexity index is 874. The lowest BCUT2D eigenvalue weighted by Crippen LogP contribution is -2.14. The van der Waals surface area contributed by atoms with Crippen LogP contribution in [0, 0.1) is 5.82 Å². The number of carbonyl (C=O) groups is 2. The van der Waals surface area contributed by atoms with Crippen LogP contribution in [0.25, 0.3) is 10.8 Å². The minimum absolute atomic E-state index is 0.134. The maximum absolute atomic E-state index is 13.9. The molecule has 0 spiro atoms. The van der Waals surface area contributed by atoms with Crippen LogP contribution >= 0.6 is 0 Å². The molecule has 2 aromatic rings. The Kier molecular flexibility index (Phi) is 2.45. The molecule has 2 aromatic carbocycles. The zero-order valence-corrected chi connectivity index (χ0v) is 11.1. The first-order valence-corrected chi connectivity index (χ1v) is 6.83. The molecule has 102 valence electrons.